The summed E-state index contributed by atoms with van der Waals surface area (Å²) < 4.78 is 10.9. The lowest BCUT2D eigenvalue weighted by molar-refractivity contribution is -0.146. The fourth-order valence-corrected chi connectivity index (χ4v) is 8.56. The van der Waals surface area contributed by atoms with Gasteiger partial charge in [0, 0.05) is 24.7 Å². The summed E-state index contributed by atoms with van der Waals surface area (Å²) >= 11 is 0. The second-order valence-corrected chi connectivity index (χ2v) is 12.5. The number of piperidine rings is 1. The summed E-state index contributed by atoms with van der Waals surface area (Å²) in [5.74, 6) is 2.34. The van der Waals surface area contributed by atoms with Gasteiger partial charge in [-0.25, -0.2) is 0 Å². The Morgan fingerprint density at radius 1 is 0.917 bits per heavy atom. The SMILES string of the molecule is COC(=O)C1CC2CCC(N3CCOCC3C)CC2C1NC(=O)CN1CCC(C2CCCCC2)CC1. The van der Waals surface area contributed by atoms with Crippen LogP contribution in [-0.2, 0) is 19.1 Å². The number of nitrogens with one attached hydrogen (secondary N) is 1. The Hall–Kier alpha value is -1.18. The van der Waals surface area contributed by atoms with Crippen LogP contribution in [0.5, 0.6) is 0 Å². The van der Waals surface area contributed by atoms with E-state index in [0.717, 1.165) is 63.9 Å². The van der Waals surface area contributed by atoms with Crippen molar-refractivity contribution in [3.05, 3.63) is 0 Å². The highest BCUT2D eigenvalue weighted by Crippen LogP contribution is 2.47. The molecule has 6 unspecified atom stereocenters. The van der Waals surface area contributed by atoms with Crippen LogP contribution in [0.15, 0.2) is 0 Å². The van der Waals surface area contributed by atoms with Crippen molar-refractivity contribution in [2.45, 2.75) is 95.7 Å². The molecule has 2 heterocycles. The van der Waals surface area contributed by atoms with E-state index in [4.69, 9.17) is 9.47 Å². The molecule has 36 heavy (non-hydrogen) atoms. The summed E-state index contributed by atoms with van der Waals surface area (Å²) in [6.45, 7) is 7.37. The van der Waals surface area contributed by atoms with E-state index >= 15 is 0 Å². The van der Waals surface area contributed by atoms with Crippen molar-refractivity contribution >= 4 is 11.9 Å². The predicted octanol–water partition coefficient (Wildman–Crippen LogP) is 3.46. The maximum absolute atomic E-state index is 13.3. The van der Waals surface area contributed by atoms with Gasteiger partial charge < -0.3 is 14.8 Å². The summed E-state index contributed by atoms with van der Waals surface area (Å²) in [4.78, 5) is 31.0. The van der Waals surface area contributed by atoms with Crippen molar-refractivity contribution in [2.75, 3.05) is 46.5 Å². The number of carbonyl (C=O) groups is 2. The second kappa shape index (κ2) is 12.1. The minimum Gasteiger partial charge on any atom is -0.469 e. The number of ether oxygens (including phenoxy) is 2. The third-order valence-electron chi connectivity index (χ3n) is 10.5. The Bertz CT molecular complexity index is 749. The molecule has 0 bridgehead atoms. The molecule has 0 radical (unpaired) electrons. The maximum Gasteiger partial charge on any atom is 0.310 e. The molecular formula is C29H49N3O4. The van der Waals surface area contributed by atoms with E-state index in [9.17, 15) is 9.59 Å². The molecule has 6 atom stereocenters. The van der Waals surface area contributed by atoms with Crippen LogP contribution in [0.4, 0.5) is 0 Å². The van der Waals surface area contributed by atoms with Gasteiger partial charge in [0.2, 0.25) is 5.91 Å². The minimum absolute atomic E-state index is 0.0903. The fourth-order valence-electron chi connectivity index (χ4n) is 8.56. The monoisotopic (exact) mass is 503 g/mol. The molecule has 2 saturated heterocycles. The maximum atomic E-state index is 13.3. The molecule has 7 nitrogen and oxygen atoms in total. The minimum atomic E-state index is -0.216. The van der Waals surface area contributed by atoms with E-state index in [2.05, 4.69) is 22.0 Å². The molecule has 0 aromatic carbocycles. The molecule has 0 aromatic heterocycles. The molecule has 5 rings (SSSR count). The van der Waals surface area contributed by atoms with Gasteiger partial charge in [-0.15, -0.1) is 0 Å². The molecule has 3 saturated carbocycles. The first-order valence-corrected chi connectivity index (χ1v) is 15.0. The van der Waals surface area contributed by atoms with Crippen LogP contribution in [0.1, 0.15) is 77.6 Å². The van der Waals surface area contributed by atoms with Gasteiger partial charge >= 0.3 is 5.97 Å². The van der Waals surface area contributed by atoms with Gasteiger partial charge in [-0.05, 0) is 82.2 Å². The Labute approximate surface area is 218 Å². The standard InChI is InChI=1S/C29H49N3O4/c1-20-19-36-15-14-32(20)24-9-8-23-16-26(29(34)35-2)28(25(23)17-24)30-27(33)18-31-12-10-22(11-13-31)21-6-4-3-5-7-21/h20-26,28H,3-19H2,1-2H3,(H,30,33). The van der Waals surface area contributed by atoms with Crippen LogP contribution in [-0.4, -0.2) is 86.3 Å². The number of carbonyl (C=O) groups excluding carboxylic acids is 2. The summed E-state index contributed by atoms with van der Waals surface area (Å²) in [6.07, 6.45) is 13.7. The summed E-state index contributed by atoms with van der Waals surface area (Å²) in [5, 5.41) is 3.38. The third-order valence-corrected chi connectivity index (χ3v) is 10.5. The normalized spacial score (nSPS) is 37.4. The van der Waals surface area contributed by atoms with Crippen molar-refractivity contribution in [1.82, 2.24) is 15.1 Å². The number of fused-ring (bicyclic) bond motifs is 1. The van der Waals surface area contributed by atoms with Gasteiger partial charge in [0.05, 0.1) is 32.8 Å². The largest absolute Gasteiger partial charge is 0.469 e. The molecule has 7 heteroatoms. The smallest absolute Gasteiger partial charge is 0.310 e. The van der Waals surface area contributed by atoms with Crippen LogP contribution < -0.4 is 5.32 Å². The Morgan fingerprint density at radius 2 is 1.67 bits per heavy atom. The molecule has 0 aromatic rings. The van der Waals surface area contributed by atoms with E-state index in [1.165, 1.54) is 58.5 Å². The lowest BCUT2D eigenvalue weighted by atomic mass is 9.76. The van der Waals surface area contributed by atoms with Crippen LogP contribution in [0.3, 0.4) is 0 Å². The molecule has 5 aliphatic rings. The molecule has 3 aliphatic carbocycles. The molecule has 1 amide bonds. The molecular weight excluding hydrogens is 454 g/mol. The average Bonchev–Trinajstić information content (AvgIpc) is 3.26. The van der Waals surface area contributed by atoms with Crippen LogP contribution in [0.2, 0.25) is 0 Å². The average molecular weight is 504 g/mol. The zero-order valence-electron chi connectivity index (χ0n) is 22.7. The van der Waals surface area contributed by atoms with Gasteiger partial charge in [0.25, 0.3) is 0 Å². The highest BCUT2D eigenvalue weighted by molar-refractivity contribution is 5.80. The molecule has 1 N–H and O–H groups in total. The zero-order valence-corrected chi connectivity index (χ0v) is 22.7. The highest BCUT2D eigenvalue weighted by Gasteiger charge is 2.50. The number of amides is 1. The number of rotatable bonds is 6. The quantitative estimate of drug-likeness (QED) is 0.560. The topological polar surface area (TPSA) is 71.1 Å². The number of hydrogen-bond donors (Lipinski definition) is 1. The predicted molar refractivity (Wildman–Crippen MR) is 139 cm³/mol. The number of nitrogens with zero attached hydrogens (tertiary/aromatic N) is 2. The van der Waals surface area contributed by atoms with Crippen molar-refractivity contribution in [3.63, 3.8) is 0 Å². The summed E-state index contributed by atoms with van der Waals surface area (Å²) in [7, 11) is 1.48. The van der Waals surface area contributed by atoms with Crippen molar-refractivity contribution in [1.29, 1.82) is 0 Å². The Morgan fingerprint density at radius 3 is 2.39 bits per heavy atom. The van der Waals surface area contributed by atoms with Crippen molar-refractivity contribution in [3.8, 4) is 0 Å². The van der Waals surface area contributed by atoms with Crippen molar-refractivity contribution in [2.24, 2.45) is 29.6 Å². The molecule has 5 fully saturated rings. The number of hydrogen-bond acceptors (Lipinski definition) is 6. The fraction of sp³-hybridized carbons (Fsp3) is 0.931. The van der Waals surface area contributed by atoms with E-state index < -0.39 is 0 Å². The van der Waals surface area contributed by atoms with E-state index in [1.807, 2.05) is 0 Å². The Kier molecular flexibility index (Phi) is 8.90. The summed E-state index contributed by atoms with van der Waals surface area (Å²) in [5.41, 5.74) is 0. The molecule has 204 valence electrons. The first-order valence-electron chi connectivity index (χ1n) is 15.0. The van der Waals surface area contributed by atoms with Gasteiger partial charge in [0.1, 0.15) is 0 Å². The van der Waals surface area contributed by atoms with Crippen LogP contribution in [0.25, 0.3) is 0 Å². The first kappa shape index (κ1) is 26.4. The Balaban J connectivity index is 1.17. The highest BCUT2D eigenvalue weighted by atomic mass is 16.5. The molecule has 2 aliphatic heterocycles. The zero-order chi connectivity index (χ0) is 25.1. The van der Waals surface area contributed by atoms with Gasteiger partial charge in [0.15, 0.2) is 0 Å². The number of morpholine rings is 1. The van der Waals surface area contributed by atoms with E-state index in [0.29, 0.717) is 30.5 Å². The van der Waals surface area contributed by atoms with E-state index in [1.54, 1.807) is 0 Å². The number of methoxy groups -OCH3 is 1. The first-order chi connectivity index (χ1) is 17.5. The van der Waals surface area contributed by atoms with Gasteiger partial charge in [-0.3, -0.25) is 19.4 Å². The van der Waals surface area contributed by atoms with Crippen molar-refractivity contribution < 1.29 is 19.1 Å². The van der Waals surface area contributed by atoms with Crippen LogP contribution >= 0.6 is 0 Å². The van der Waals surface area contributed by atoms with E-state index in [-0.39, 0.29) is 23.8 Å². The van der Waals surface area contributed by atoms with Crippen LogP contribution in [0, 0.1) is 29.6 Å². The second-order valence-electron chi connectivity index (χ2n) is 12.5. The number of likely N-dealkylation sites (tertiary alicyclic amines) is 1. The molecule has 0 spiro atoms. The van der Waals surface area contributed by atoms with Gasteiger partial charge in [-0.2, -0.15) is 0 Å². The lowest BCUT2D eigenvalue weighted by Crippen LogP contribution is -2.54. The third kappa shape index (κ3) is 5.94. The summed E-state index contributed by atoms with van der Waals surface area (Å²) in [6, 6.07) is 0.844. The number of esters is 1. The van der Waals surface area contributed by atoms with Gasteiger partial charge in [-0.1, -0.05) is 32.1 Å². The lowest BCUT2D eigenvalue weighted by Gasteiger charge is -2.45.